The van der Waals surface area contributed by atoms with E-state index in [2.05, 4.69) is 0 Å². The Bertz CT molecular complexity index is 300. The van der Waals surface area contributed by atoms with E-state index < -0.39 is 23.0 Å². The van der Waals surface area contributed by atoms with Gasteiger partial charge in [0.05, 0.1) is 0 Å². The van der Waals surface area contributed by atoms with Gasteiger partial charge in [0.2, 0.25) is 0 Å². The van der Waals surface area contributed by atoms with Crippen LogP contribution in [0.25, 0.3) is 0 Å². The van der Waals surface area contributed by atoms with Gasteiger partial charge in [-0.1, -0.05) is 0 Å². The zero-order chi connectivity index (χ0) is 9.35. The summed E-state index contributed by atoms with van der Waals surface area (Å²) >= 11 is 0. The quantitative estimate of drug-likeness (QED) is 0.476. The first kappa shape index (κ1) is 15.4. The van der Waals surface area contributed by atoms with Gasteiger partial charge in [0.1, 0.15) is 0 Å². The van der Waals surface area contributed by atoms with Crippen LogP contribution in [-0.2, 0) is 6.18 Å². The molecule has 0 amide bonds. The Balaban J connectivity index is 0. The molecular weight excluding hydrogens is 203 g/mol. The second kappa shape index (κ2) is 4.97. The van der Waals surface area contributed by atoms with Gasteiger partial charge in [-0.15, -0.1) is 0 Å². The monoisotopic (exact) mass is 208 g/mol. The van der Waals surface area contributed by atoms with Crippen molar-refractivity contribution in [1.82, 2.24) is 0 Å². The predicted octanol–water partition coefficient (Wildman–Crippen LogP) is 1.28. The van der Waals surface area contributed by atoms with Crippen LogP contribution < -0.4 is 5.46 Å². The molecule has 76 valence electrons. The summed E-state index contributed by atoms with van der Waals surface area (Å²) in [5.74, 6) is -0.844. The van der Waals surface area contributed by atoms with Crippen molar-refractivity contribution in [3.05, 3.63) is 29.6 Å². The van der Waals surface area contributed by atoms with E-state index in [0.717, 1.165) is 0 Å². The van der Waals surface area contributed by atoms with Crippen LogP contribution in [-0.4, -0.2) is 18.8 Å². The summed E-state index contributed by atoms with van der Waals surface area (Å²) in [4.78, 5) is 0. The van der Waals surface area contributed by atoms with E-state index in [4.69, 9.17) is 7.85 Å². The molecule has 0 fully saturated rings. The van der Waals surface area contributed by atoms with Crippen molar-refractivity contribution in [3.8, 4) is 0 Å². The number of rotatable bonds is 0. The predicted molar refractivity (Wildman–Crippen MR) is 40.7 cm³/mol. The Morgan fingerprint density at radius 2 is 1.57 bits per heavy atom. The Hall–Kier alpha value is -1.08. The SMILES string of the molecule is [B+2]c1cc(C(F)(F)F)ccc1F.[OH-].[OH-]. The minimum absolute atomic E-state index is 0. The van der Waals surface area contributed by atoms with Crippen LogP contribution in [0.15, 0.2) is 18.2 Å². The molecule has 7 heteroatoms. The molecule has 0 radical (unpaired) electrons. The van der Waals surface area contributed by atoms with E-state index in [-0.39, 0.29) is 11.0 Å². The molecule has 0 aromatic heterocycles. The average molecular weight is 208 g/mol. The second-order valence-corrected chi connectivity index (χ2v) is 2.23. The van der Waals surface area contributed by atoms with E-state index >= 15 is 0 Å². The van der Waals surface area contributed by atoms with Gasteiger partial charge in [-0.05, 0) is 0 Å². The number of alkyl halides is 3. The van der Waals surface area contributed by atoms with Crippen LogP contribution in [0.2, 0.25) is 0 Å². The van der Waals surface area contributed by atoms with Crippen molar-refractivity contribution < 1.29 is 28.5 Å². The molecule has 0 saturated carbocycles. The number of hydrogen-bond donors (Lipinski definition) is 0. The number of hydrogen-bond acceptors (Lipinski definition) is 2. The van der Waals surface area contributed by atoms with Crippen LogP contribution in [0, 0.1) is 5.82 Å². The van der Waals surface area contributed by atoms with Crippen molar-refractivity contribution in [2.75, 3.05) is 0 Å². The summed E-state index contributed by atoms with van der Waals surface area (Å²) in [7, 11) is 4.94. The maximum Gasteiger partial charge on any atom is -0.870 e. The molecule has 1 rings (SSSR count). The van der Waals surface area contributed by atoms with Crippen LogP contribution in [0.4, 0.5) is 17.6 Å². The molecule has 0 spiro atoms. The van der Waals surface area contributed by atoms with E-state index in [1.54, 1.807) is 0 Å². The van der Waals surface area contributed by atoms with Crippen LogP contribution >= 0.6 is 0 Å². The molecule has 2 N–H and O–H groups in total. The largest absolute Gasteiger partial charge is 0.870 e. The Labute approximate surface area is 78.6 Å². The van der Waals surface area contributed by atoms with Gasteiger partial charge in [-0.25, -0.2) is 0 Å². The topological polar surface area (TPSA) is 60.0 Å². The first-order valence-corrected chi connectivity index (χ1v) is 3.03. The fourth-order valence-electron chi connectivity index (χ4n) is 0.720. The molecule has 0 saturated heterocycles. The normalized spacial score (nSPS) is 10.1. The Morgan fingerprint density at radius 3 is 1.93 bits per heavy atom. The smallest absolute Gasteiger partial charge is 0.870 e. The summed E-state index contributed by atoms with van der Waals surface area (Å²) in [5.41, 5.74) is -1.44. The van der Waals surface area contributed by atoms with Crippen molar-refractivity contribution in [3.63, 3.8) is 0 Å². The van der Waals surface area contributed by atoms with Gasteiger partial charge < -0.3 is 11.0 Å². The molecule has 14 heavy (non-hydrogen) atoms. The van der Waals surface area contributed by atoms with E-state index in [9.17, 15) is 17.6 Å². The molecule has 0 unspecified atom stereocenters. The molecule has 0 aliphatic rings. The fraction of sp³-hybridized carbons (Fsp3) is 0.143. The van der Waals surface area contributed by atoms with E-state index in [1.807, 2.05) is 0 Å². The standard InChI is InChI=1S/C7H3BF4.2H2O/c8-5-3-4(7(10,11)12)1-2-6(5)9;;/h1-3H;2*1H2/q+2;;/p-2. The molecule has 0 atom stereocenters. The summed E-state index contributed by atoms with van der Waals surface area (Å²) in [6, 6.07) is 1.90. The maximum absolute atomic E-state index is 12.4. The van der Waals surface area contributed by atoms with E-state index in [0.29, 0.717) is 18.2 Å². The molecule has 0 aliphatic heterocycles. The third kappa shape index (κ3) is 3.35. The van der Waals surface area contributed by atoms with Crippen LogP contribution in [0.3, 0.4) is 0 Å². The molecule has 1 aromatic rings. The summed E-state index contributed by atoms with van der Waals surface area (Å²) in [6.45, 7) is 0. The maximum atomic E-state index is 12.4. The van der Waals surface area contributed by atoms with Crippen molar-refractivity contribution in [2.45, 2.75) is 6.18 Å². The summed E-state index contributed by atoms with van der Waals surface area (Å²) in [6.07, 6.45) is -4.47. The molecule has 2 nitrogen and oxygen atoms in total. The molecule has 1 aromatic carbocycles. The van der Waals surface area contributed by atoms with Crippen LogP contribution in [0.1, 0.15) is 5.56 Å². The van der Waals surface area contributed by atoms with Gasteiger partial charge in [0, 0.05) is 0 Å². The van der Waals surface area contributed by atoms with Gasteiger partial charge in [-0.3, -0.25) is 0 Å². The summed E-state index contributed by atoms with van der Waals surface area (Å²) in [5, 5.41) is 0. The van der Waals surface area contributed by atoms with Gasteiger partial charge >= 0.3 is 66.6 Å². The number of halogens is 4. The molecular formula is C7H5BF4O2. The molecule has 0 bridgehead atoms. The minimum atomic E-state index is -4.47. The molecule has 0 heterocycles. The number of benzene rings is 1. The summed E-state index contributed by atoms with van der Waals surface area (Å²) < 4.78 is 48.2. The Kier molecular flexibility index (Phi) is 5.47. The third-order valence-corrected chi connectivity index (χ3v) is 1.32. The second-order valence-electron chi connectivity index (χ2n) is 2.23. The van der Waals surface area contributed by atoms with Gasteiger partial charge in [-0.2, -0.15) is 0 Å². The first-order valence-electron chi connectivity index (χ1n) is 3.03. The molecule has 0 aliphatic carbocycles. The van der Waals surface area contributed by atoms with Crippen molar-refractivity contribution in [2.24, 2.45) is 0 Å². The van der Waals surface area contributed by atoms with Crippen LogP contribution in [0.5, 0.6) is 0 Å². The van der Waals surface area contributed by atoms with Gasteiger partial charge in [0.25, 0.3) is 0 Å². The fourth-order valence-corrected chi connectivity index (χ4v) is 0.720. The van der Waals surface area contributed by atoms with Gasteiger partial charge in [0.15, 0.2) is 0 Å². The first-order chi connectivity index (χ1) is 5.41. The minimum Gasteiger partial charge on any atom is -0.870 e. The third-order valence-electron chi connectivity index (χ3n) is 1.32. The van der Waals surface area contributed by atoms with Crippen molar-refractivity contribution >= 4 is 13.3 Å². The van der Waals surface area contributed by atoms with Crippen molar-refractivity contribution in [1.29, 1.82) is 0 Å². The Morgan fingerprint density at radius 1 is 1.07 bits per heavy atom. The average Bonchev–Trinajstić information content (AvgIpc) is 1.92. The van der Waals surface area contributed by atoms with E-state index in [1.165, 1.54) is 0 Å². The zero-order valence-electron chi connectivity index (χ0n) is 6.72. The zero-order valence-corrected chi connectivity index (χ0v) is 6.72.